The van der Waals surface area contributed by atoms with Gasteiger partial charge in [-0.1, -0.05) is 12.1 Å². The Morgan fingerprint density at radius 1 is 1.15 bits per heavy atom. The van der Waals surface area contributed by atoms with Gasteiger partial charge in [-0.3, -0.25) is 4.79 Å². The molecule has 0 aliphatic carbocycles. The van der Waals surface area contributed by atoms with E-state index in [4.69, 9.17) is 14.6 Å². The second kappa shape index (κ2) is 8.28. The highest BCUT2D eigenvalue weighted by molar-refractivity contribution is 9.10. The van der Waals surface area contributed by atoms with Crippen LogP contribution in [0.4, 0.5) is 0 Å². The van der Waals surface area contributed by atoms with Crippen LogP contribution in [0.15, 0.2) is 45.8 Å². The van der Waals surface area contributed by atoms with Gasteiger partial charge in [-0.2, -0.15) is 0 Å². The number of sulfonamides is 1. The van der Waals surface area contributed by atoms with Gasteiger partial charge in [0, 0.05) is 12.6 Å². The summed E-state index contributed by atoms with van der Waals surface area (Å²) in [5, 5.41) is 5.19. The van der Waals surface area contributed by atoms with E-state index < -0.39 is 10.0 Å². The number of hydrogen-bond acceptors (Lipinski definition) is 5. The maximum Gasteiger partial charge on any atom is 0.254 e. The van der Waals surface area contributed by atoms with Crippen LogP contribution in [-0.2, 0) is 10.0 Å². The number of primary sulfonamides is 1. The van der Waals surface area contributed by atoms with Crippen molar-refractivity contribution in [3.05, 3.63) is 52.0 Å². The first kappa shape index (κ1) is 21.2. The summed E-state index contributed by atoms with van der Waals surface area (Å²) in [7, 11) is 0.813. The summed E-state index contributed by atoms with van der Waals surface area (Å²) in [4.78, 5) is 14.4. The van der Waals surface area contributed by atoms with E-state index in [1.54, 1.807) is 38.2 Å². The molecule has 0 saturated heterocycles. The molecule has 0 aliphatic rings. The molecule has 1 unspecified atom stereocenters. The lowest BCUT2D eigenvalue weighted by Crippen LogP contribution is -2.30. The van der Waals surface area contributed by atoms with Gasteiger partial charge < -0.3 is 14.4 Å². The molecule has 0 saturated carbocycles. The van der Waals surface area contributed by atoms with Crippen LogP contribution >= 0.6 is 15.9 Å². The summed E-state index contributed by atoms with van der Waals surface area (Å²) < 4.78 is 34.3. The first-order valence-corrected chi connectivity index (χ1v) is 10.3. The van der Waals surface area contributed by atoms with Crippen LogP contribution < -0.4 is 14.6 Å². The molecule has 0 radical (unpaired) electrons. The Kier molecular flexibility index (Phi) is 6.50. The summed E-state index contributed by atoms with van der Waals surface area (Å²) >= 11 is 3.37. The molecule has 1 amide bonds. The molecule has 27 heavy (non-hydrogen) atoms. The second-order valence-electron chi connectivity index (χ2n) is 5.90. The zero-order valence-corrected chi connectivity index (χ0v) is 17.8. The fourth-order valence-electron chi connectivity index (χ4n) is 2.55. The summed E-state index contributed by atoms with van der Waals surface area (Å²) in [6.45, 7) is 1.80. The number of amides is 1. The molecule has 1 atom stereocenters. The quantitative estimate of drug-likeness (QED) is 0.719. The Balaban J connectivity index is 2.37. The fraction of sp³-hybridized carbons (Fsp3) is 0.278. The Morgan fingerprint density at radius 3 is 2.19 bits per heavy atom. The van der Waals surface area contributed by atoms with Crippen LogP contribution in [-0.4, -0.2) is 40.5 Å². The molecule has 2 rings (SSSR count). The molecular formula is C18H21BrN2O5S. The summed E-state index contributed by atoms with van der Waals surface area (Å²) in [6, 6.07) is 9.05. The predicted molar refractivity (Wildman–Crippen MR) is 106 cm³/mol. The van der Waals surface area contributed by atoms with Gasteiger partial charge >= 0.3 is 0 Å². The number of ether oxygens (including phenoxy) is 2. The molecule has 0 heterocycles. The van der Waals surface area contributed by atoms with Gasteiger partial charge in [-0.15, -0.1) is 0 Å². The first-order valence-electron chi connectivity index (χ1n) is 7.91. The lowest BCUT2D eigenvalue weighted by atomic mass is 10.1. The molecular weight excluding hydrogens is 436 g/mol. The minimum Gasteiger partial charge on any atom is -0.495 e. The molecule has 7 nitrogen and oxygen atoms in total. The molecule has 0 fully saturated rings. The van der Waals surface area contributed by atoms with E-state index in [1.165, 1.54) is 31.3 Å². The number of benzene rings is 2. The van der Waals surface area contributed by atoms with Gasteiger partial charge in [0.25, 0.3) is 5.91 Å². The first-order chi connectivity index (χ1) is 12.6. The van der Waals surface area contributed by atoms with Crippen molar-refractivity contribution in [1.82, 2.24) is 4.90 Å². The number of methoxy groups -OCH3 is 2. The number of carbonyl (C=O) groups is 1. The third kappa shape index (κ3) is 4.60. The van der Waals surface area contributed by atoms with Crippen LogP contribution in [0.5, 0.6) is 11.5 Å². The summed E-state index contributed by atoms with van der Waals surface area (Å²) in [5.74, 6) is 0.664. The minimum absolute atomic E-state index is 0.000297. The van der Waals surface area contributed by atoms with E-state index in [2.05, 4.69) is 15.9 Å². The molecule has 0 aliphatic heterocycles. The molecule has 2 aromatic rings. The number of nitrogens with two attached hydrogens (primary N) is 1. The van der Waals surface area contributed by atoms with Crippen molar-refractivity contribution in [1.29, 1.82) is 0 Å². The third-order valence-electron chi connectivity index (χ3n) is 4.26. The van der Waals surface area contributed by atoms with Gasteiger partial charge in [0.2, 0.25) is 10.0 Å². The molecule has 9 heteroatoms. The number of carbonyl (C=O) groups excluding carboxylic acids is 1. The predicted octanol–water partition coefficient (Wildman–Crippen LogP) is 2.95. The number of rotatable bonds is 6. The Labute approximate surface area is 167 Å². The Bertz CT molecular complexity index is 937. The Morgan fingerprint density at radius 2 is 1.70 bits per heavy atom. The second-order valence-corrected chi connectivity index (χ2v) is 8.26. The molecule has 2 aromatic carbocycles. The van der Waals surface area contributed by atoms with Gasteiger partial charge in [0.15, 0.2) is 0 Å². The van der Waals surface area contributed by atoms with E-state index in [1.807, 2.05) is 0 Å². The van der Waals surface area contributed by atoms with Gasteiger partial charge in [-0.05, 0) is 52.7 Å². The molecule has 0 spiro atoms. The van der Waals surface area contributed by atoms with Crippen molar-refractivity contribution >= 4 is 31.9 Å². The molecule has 2 N–H and O–H groups in total. The maximum atomic E-state index is 12.9. The molecule has 0 bridgehead atoms. The average Bonchev–Trinajstić information content (AvgIpc) is 2.65. The highest BCUT2D eigenvalue weighted by Crippen LogP contribution is 2.36. The monoisotopic (exact) mass is 456 g/mol. The van der Waals surface area contributed by atoms with E-state index in [0.29, 0.717) is 27.1 Å². The van der Waals surface area contributed by atoms with Gasteiger partial charge in [-0.25, -0.2) is 13.6 Å². The van der Waals surface area contributed by atoms with Crippen LogP contribution in [0.1, 0.15) is 28.9 Å². The Hall–Kier alpha value is -2.10. The van der Waals surface area contributed by atoms with E-state index in [-0.39, 0.29) is 16.8 Å². The van der Waals surface area contributed by atoms with E-state index in [9.17, 15) is 13.2 Å². The molecule has 146 valence electrons. The van der Waals surface area contributed by atoms with Crippen molar-refractivity contribution in [2.75, 3.05) is 21.3 Å². The third-order valence-corrected chi connectivity index (χ3v) is 5.96. The van der Waals surface area contributed by atoms with Gasteiger partial charge in [0.1, 0.15) is 16.0 Å². The number of hydrogen-bond donors (Lipinski definition) is 1. The van der Waals surface area contributed by atoms with Crippen molar-refractivity contribution in [2.45, 2.75) is 17.9 Å². The van der Waals surface area contributed by atoms with Crippen LogP contribution in [0.3, 0.4) is 0 Å². The maximum absolute atomic E-state index is 12.9. The number of halogens is 1. The van der Waals surface area contributed by atoms with Crippen molar-refractivity contribution in [3.63, 3.8) is 0 Å². The van der Waals surface area contributed by atoms with Crippen LogP contribution in [0.2, 0.25) is 0 Å². The lowest BCUT2D eigenvalue weighted by molar-refractivity contribution is 0.0741. The normalized spacial score (nSPS) is 12.4. The smallest absolute Gasteiger partial charge is 0.254 e. The topological polar surface area (TPSA) is 98.9 Å². The number of nitrogens with zero attached hydrogens (tertiary/aromatic N) is 1. The average molecular weight is 457 g/mol. The largest absolute Gasteiger partial charge is 0.495 e. The summed E-state index contributed by atoms with van der Waals surface area (Å²) in [6.07, 6.45) is 0. The van der Waals surface area contributed by atoms with E-state index >= 15 is 0 Å². The van der Waals surface area contributed by atoms with Crippen LogP contribution in [0, 0.1) is 0 Å². The SMILES string of the molecule is COc1cc(C(=O)N(C)C(C)c2cccc(S(N)(=O)=O)c2)cc(OC)c1Br. The highest BCUT2D eigenvalue weighted by atomic mass is 79.9. The molecule has 0 aromatic heterocycles. The minimum atomic E-state index is -3.82. The van der Waals surface area contributed by atoms with Gasteiger partial charge in [0.05, 0.1) is 25.2 Å². The lowest BCUT2D eigenvalue weighted by Gasteiger charge is -2.26. The van der Waals surface area contributed by atoms with Crippen molar-refractivity contribution in [2.24, 2.45) is 5.14 Å². The van der Waals surface area contributed by atoms with Crippen molar-refractivity contribution < 1.29 is 22.7 Å². The standard InChI is InChI=1S/C18H21BrN2O5S/c1-11(12-6-5-7-14(8-12)27(20,23)24)21(2)18(22)13-9-15(25-3)17(19)16(10-13)26-4/h5-11H,1-4H3,(H2,20,23,24). The van der Waals surface area contributed by atoms with Crippen LogP contribution in [0.25, 0.3) is 0 Å². The zero-order chi connectivity index (χ0) is 20.4. The van der Waals surface area contributed by atoms with E-state index in [0.717, 1.165) is 0 Å². The van der Waals surface area contributed by atoms with Crippen molar-refractivity contribution in [3.8, 4) is 11.5 Å². The zero-order valence-electron chi connectivity index (χ0n) is 15.4. The fourth-order valence-corrected chi connectivity index (χ4v) is 3.67. The highest BCUT2D eigenvalue weighted by Gasteiger charge is 2.22. The summed E-state index contributed by atoms with van der Waals surface area (Å²) in [5.41, 5.74) is 1.03.